The Morgan fingerprint density at radius 3 is 2.50 bits per heavy atom. The first-order chi connectivity index (χ1) is 6.56. The lowest BCUT2D eigenvalue weighted by atomic mass is 10.1. The molecule has 0 heterocycles. The molecule has 0 radical (unpaired) electrons. The highest BCUT2D eigenvalue weighted by molar-refractivity contribution is 5.92. The molecule has 14 heavy (non-hydrogen) atoms. The van der Waals surface area contributed by atoms with Gasteiger partial charge >= 0.3 is 5.97 Å². The minimum atomic E-state index is -1.11. The van der Waals surface area contributed by atoms with Crippen LogP contribution < -0.4 is 5.32 Å². The first-order valence-electron chi connectivity index (χ1n) is 3.95. The maximum absolute atomic E-state index is 10.8. The van der Waals surface area contributed by atoms with Gasteiger partial charge in [0.15, 0.2) is 0 Å². The molecule has 74 valence electrons. The van der Waals surface area contributed by atoms with Crippen LogP contribution in [0.15, 0.2) is 35.6 Å². The van der Waals surface area contributed by atoms with Crippen molar-refractivity contribution in [2.75, 3.05) is 7.05 Å². The van der Waals surface area contributed by atoms with E-state index in [4.69, 9.17) is 10.4 Å². The molecule has 0 unspecified atom stereocenters. The van der Waals surface area contributed by atoms with Gasteiger partial charge in [-0.15, -0.1) is 0 Å². The Bertz CT molecular complexity index is 346. The normalized spacial score (nSPS) is 11.8. The Kier molecular flexibility index (Phi) is 4.79. The van der Waals surface area contributed by atoms with Crippen LogP contribution in [-0.2, 0) is 4.79 Å². The summed E-state index contributed by atoms with van der Waals surface area (Å²) in [5.74, 6) is -1.11. The first kappa shape index (κ1) is 12.0. The van der Waals surface area contributed by atoms with Gasteiger partial charge in [-0.05, 0) is 13.0 Å². The summed E-state index contributed by atoms with van der Waals surface area (Å²) in [5, 5.41) is 20.0. The molecule has 0 aromatic heterocycles. The van der Waals surface area contributed by atoms with Crippen LogP contribution in [0.3, 0.4) is 0 Å². The van der Waals surface area contributed by atoms with Gasteiger partial charge in [0.2, 0.25) is 0 Å². The van der Waals surface area contributed by atoms with Crippen LogP contribution in [0.25, 0.3) is 0 Å². The van der Waals surface area contributed by atoms with Gasteiger partial charge in [0, 0.05) is 18.3 Å². The minimum Gasteiger partial charge on any atom is -0.478 e. The molecule has 4 heteroatoms. The molecule has 0 aliphatic heterocycles. The van der Waals surface area contributed by atoms with E-state index in [9.17, 15) is 4.79 Å². The second-order valence-electron chi connectivity index (χ2n) is 2.45. The summed E-state index contributed by atoms with van der Waals surface area (Å²) < 4.78 is 0. The van der Waals surface area contributed by atoms with Gasteiger partial charge in [-0.1, -0.05) is 12.7 Å². The lowest BCUT2D eigenvalue weighted by molar-refractivity contribution is -0.132. The number of carbonyl (C=O) groups is 1. The molecule has 0 rings (SSSR count). The molecule has 0 aromatic carbocycles. The average Bonchev–Trinajstić information content (AvgIpc) is 2.18. The van der Waals surface area contributed by atoms with Crippen molar-refractivity contribution >= 4 is 5.97 Å². The fourth-order valence-electron chi connectivity index (χ4n) is 0.748. The smallest absolute Gasteiger partial charge is 0.337 e. The van der Waals surface area contributed by atoms with E-state index >= 15 is 0 Å². The van der Waals surface area contributed by atoms with E-state index in [0.717, 1.165) is 0 Å². The minimum absolute atomic E-state index is 0.0119. The standard InChI is InChI=1S/C10H12N2O2/c1-4-8(6-11)5-9(10(13)14)7(2)12-3/h4-5,12H,2H2,1,3H3,(H,13,14)/b8-4+,9-5+. The first-order valence-corrected chi connectivity index (χ1v) is 3.95. The highest BCUT2D eigenvalue weighted by atomic mass is 16.4. The van der Waals surface area contributed by atoms with Crippen molar-refractivity contribution in [1.29, 1.82) is 5.26 Å². The maximum Gasteiger partial charge on any atom is 0.337 e. The van der Waals surface area contributed by atoms with Gasteiger partial charge in [0.1, 0.15) is 0 Å². The Balaban J connectivity index is 5.13. The third-order valence-corrected chi connectivity index (χ3v) is 1.60. The fraction of sp³-hybridized carbons (Fsp3) is 0.200. The number of nitriles is 1. The van der Waals surface area contributed by atoms with E-state index in [1.54, 1.807) is 14.0 Å². The Morgan fingerprint density at radius 1 is 1.64 bits per heavy atom. The molecule has 0 spiro atoms. The van der Waals surface area contributed by atoms with Gasteiger partial charge in [-0.3, -0.25) is 0 Å². The van der Waals surface area contributed by atoms with Crippen LogP contribution in [0.4, 0.5) is 0 Å². The van der Waals surface area contributed by atoms with E-state index in [0.29, 0.717) is 5.57 Å². The molecule has 0 atom stereocenters. The van der Waals surface area contributed by atoms with Gasteiger partial charge in [0.25, 0.3) is 0 Å². The van der Waals surface area contributed by atoms with Crippen LogP contribution in [0.5, 0.6) is 0 Å². The molecule has 0 amide bonds. The summed E-state index contributed by atoms with van der Waals surface area (Å²) in [6.07, 6.45) is 2.81. The molecule has 0 aliphatic rings. The molecule has 2 N–H and O–H groups in total. The predicted octanol–water partition coefficient (Wildman–Crippen LogP) is 1.20. The summed E-state index contributed by atoms with van der Waals surface area (Å²) in [5.41, 5.74) is 0.549. The maximum atomic E-state index is 10.8. The predicted molar refractivity (Wildman–Crippen MR) is 53.3 cm³/mol. The highest BCUT2D eigenvalue weighted by Crippen LogP contribution is 2.08. The Morgan fingerprint density at radius 2 is 2.21 bits per heavy atom. The number of carboxylic acids is 1. The lowest BCUT2D eigenvalue weighted by Gasteiger charge is -2.04. The zero-order valence-electron chi connectivity index (χ0n) is 8.16. The van der Waals surface area contributed by atoms with Crippen LogP contribution >= 0.6 is 0 Å². The van der Waals surface area contributed by atoms with Crippen LogP contribution in [0.2, 0.25) is 0 Å². The van der Waals surface area contributed by atoms with Crippen molar-refractivity contribution in [2.45, 2.75) is 6.92 Å². The third kappa shape index (κ3) is 3.15. The van der Waals surface area contributed by atoms with Gasteiger partial charge < -0.3 is 10.4 Å². The number of aliphatic carboxylic acids is 1. The quantitative estimate of drug-likeness (QED) is 0.399. The SMILES string of the molecule is C=C(NC)/C(=C\C(C#N)=C/C)C(=O)O. The molecule has 0 aliphatic carbocycles. The monoisotopic (exact) mass is 192 g/mol. The number of hydrogen-bond donors (Lipinski definition) is 2. The summed E-state index contributed by atoms with van der Waals surface area (Å²) in [6.45, 7) is 5.18. The Hall–Kier alpha value is -2.02. The molecule has 4 nitrogen and oxygen atoms in total. The highest BCUT2D eigenvalue weighted by Gasteiger charge is 2.10. The van der Waals surface area contributed by atoms with Crippen LogP contribution in [0.1, 0.15) is 6.92 Å². The molecule has 0 saturated carbocycles. The Labute approximate surface area is 82.9 Å². The number of carboxylic acid groups (broad SMARTS) is 1. The number of allylic oxidation sites excluding steroid dienone is 3. The van der Waals surface area contributed by atoms with Gasteiger partial charge in [-0.25, -0.2) is 4.79 Å². The lowest BCUT2D eigenvalue weighted by Crippen LogP contribution is -2.13. The summed E-state index contributed by atoms with van der Waals surface area (Å²) >= 11 is 0. The number of likely N-dealkylation sites (N-methyl/N-ethyl adjacent to an activating group) is 1. The summed E-state index contributed by atoms with van der Waals surface area (Å²) in [6, 6.07) is 1.87. The van der Waals surface area contributed by atoms with Crippen LogP contribution in [0, 0.1) is 11.3 Å². The van der Waals surface area contributed by atoms with Crippen molar-refractivity contribution in [1.82, 2.24) is 5.32 Å². The van der Waals surface area contributed by atoms with E-state index in [2.05, 4.69) is 11.9 Å². The topological polar surface area (TPSA) is 73.1 Å². The number of rotatable bonds is 4. The molecule has 0 saturated heterocycles. The molecule has 0 bridgehead atoms. The van der Waals surface area contributed by atoms with Crippen molar-refractivity contribution < 1.29 is 9.90 Å². The zero-order chi connectivity index (χ0) is 11.1. The van der Waals surface area contributed by atoms with E-state index in [-0.39, 0.29) is 11.3 Å². The van der Waals surface area contributed by atoms with Gasteiger partial charge in [0.05, 0.1) is 11.6 Å². The van der Waals surface area contributed by atoms with E-state index in [1.807, 2.05) is 6.07 Å². The van der Waals surface area contributed by atoms with Crippen LogP contribution in [-0.4, -0.2) is 18.1 Å². The number of hydrogen-bond acceptors (Lipinski definition) is 3. The van der Waals surface area contributed by atoms with E-state index in [1.165, 1.54) is 12.2 Å². The molecular formula is C10H12N2O2. The van der Waals surface area contributed by atoms with Crippen molar-refractivity contribution in [3.63, 3.8) is 0 Å². The fourth-order valence-corrected chi connectivity index (χ4v) is 0.748. The average molecular weight is 192 g/mol. The van der Waals surface area contributed by atoms with Gasteiger partial charge in [-0.2, -0.15) is 5.26 Å². The van der Waals surface area contributed by atoms with Crippen molar-refractivity contribution in [3.8, 4) is 6.07 Å². The largest absolute Gasteiger partial charge is 0.478 e. The molecule has 0 aromatic rings. The summed E-state index contributed by atoms with van der Waals surface area (Å²) in [4.78, 5) is 10.8. The second-order valence-corrected chi connectivity index (χ2v) is 2.45. The zero-order valence-corrected chi connectivity index (χ0v) is 8.16. The number of nitrogens with one attached hydrogen (secondary N) is 1. The number of nitrogens with zero attached hydrogens (tertiary/aromatic N) is 1. The third-order valence-electron chi connectivity index (χ3n) is 1.60. The molecular weight excluding hydrogens is 180 g/mol. The molecule has 0 fully saturated rings. The second kappa shape index (κ2) is 5.60. The summed E-state index contributed by atoms with van der Waals surface area (Å²) in [7, 11) is 1.57. The van der Waals surface area contributed by atoms with Crippen molar-refractivity contribution in [3.05, 3.63) is 35.6 Å². The van der Waals surface area contributed by atoms with E-state index < -0.39 is 5.97 Å². The van der Waals surface area contributed by atoms with Crippen molar-refractivity contribution in [2.24, 2.45) is 0 Å².